The molecule has 0 fully saturated rings. The predicted molar refractivity (Wildman–Crippen MR) is 74.0 cm³/mol. The summed E-state index contributed by atoms with van der Waals surface area (Å²) >= 11 is 0. The Morgan fingerprint density at radius 1 is 1.33 bits per heavy atom. The van der Waals surface area contributed by atoms with Crippen LogP contribution in [0.5, 0.6) is 0 Å². The molecule has 1 heterocycles. The van der Waals surface area contributed by atoms with E-state index in [1.54, 1.807) is 0 Å². The lowest BCUT2D eigenvalue weighted by molar-refractivity contribution is 0.219. The van der Waals surface area contributed by atoms with Gasteiger partial charge in [0.05, 0.1) is 12.9 Å². The molecule has 0 bridgehead atoms. The molecule has 3 heteroatoms. The molecule has 1 aliphatic rings. The molecule has 1 atom stereocenters. The normalized spacial score (nSPS) is 16.9. The lowest BCUT2D eigenvalue weighted by Gasteiger charge is -2.22. The molecule has 1 unspecified atom stereocenters. The minimum atomic E-state index is 0.174. The summed E-state index contributed by atoms with van der Waals surface area (Å²) in [5.74, 6) is 5.67. The lowest BCUT2D eigenvalue weighted by atomic mass is 9.94. The average Bonchev–Trinajstić information content (AvgIpc) is 2.41. The van der Waals surface area contributed by atoms with Gasteiger partial charge in [-0.15, -0.1) is 0 Å². The number of benzene rings is 1. The van der Waals surface area contributed by atoms with Crippen LogP contribution < -0.4 is 11.3 Å². The highest BCUT2D eigenvalue weighted by Crippen LogP contribution is 2.19. The first kappa shape index (κ1) is 13.1. The Kier molecular flexibility index (Phi) is 4.39. The van der Waals surface area contributed by atoms with Gasteiger partial charge in [0, 0.05) is 6.04 Å². The van der Waals surface area contributed by atoms with Crippen LogP contribution in [0, 0.1) is 13.8 Å². The minimum Gasteiger partial charge on any atom is -0.501 e. The second-order valence-corrected chi connectivity index (χ2v) is 5.01. The molecular weight excluding hydrogens is 224 g/mol. The van der Waals surface area contributed by atoms with Gasteiger partial charge in [-0.3, -0.25) is 11.3 Å². The second kappa shape index (κ2) is 6.03. The van der Waals surface area contributed by atoms with Crippen LogP contribution in [0.15, 0.2) is 30.0 Å². The molecular formula is C15H22N2O. The predicted octanol–water partition coefficient (Wildman–Crippen LogP) is 2.37. The summed E-state index contributed by atoms with van der Waals surface area (Å²) in [4.78, 5) is 0. The number of aryl methyl sites for hydroxylation is 2. The maximum absolute atomic E-state index is 5.67. The van der Waals surface area contributed by atoms with E-state index in [9.17, 15) is 0 Å². The van der Waals surface area contributed by atoms with E-state index in [-0.39, 0.29) is 6.04 Å². The first-order chi connectivity index (χ1) is 8.70. The van der Waals surface area contributed by atoms with Crippen LogP contribution in [-0.4, -0.2) is 12.6 Å². The van der Waals surface area contributed by atoms with Crippen molar-refractivity contribution >= 4 is 0 Å². The first-order valence-corrected chi connectivity index (χ1v) is 6.53. The third-order valence-electron chi connectivity index (χ3n) is 3.62. The van der Waals surface area contributed by atoms with Crippen LogP contribution in [0.3, 0.4) is 0 Å². The van der Waals surface area contributed by atoms with Crippen molar-refractivity contribution in [3.63, 3.8) is 0 Å². The van der Waals surface area contributed by atoms with Crippen molar-refractivity contribution < 1.29 is 4.74 Å². The SMILES string of the molecule is Cc1ccc(CC(NN)C2=COCCC2)cc1C. The van der Waals surface area contributed by atoms with Crippen LogP contribution in [-0.2, 0) is 11.2 Å². The van der Waals surface area contributed by atoms with Crippen LogP contribution in [0.2, 0.25) is 0 Å². The summed E-state index contributed by atoms with van der Waals surface area (Å²) in [6.45, 7) is 5.10. The van der Waals surface area contributed by atoms with Gasteiger partial charge in [0.1, 0.15) is 0 Å². The Bertz CT molecular complexity index is 440. The van der Waals surface area contributed by atoms with Crippen molar-refractivity contribution in [2.45, 2.75) is 39.2 Å². The van der Waals surface area contributed by atoms with Crippen LogP contribution in [0.4, 0.5) is 0 Å². The van der Waals surface area contributed by atoms with Crippen molar-refractivity contribution in [3.8, 4) is 0 Å². The number of hydrogen-bond donors (Lipinski definition) is 2. The van der Waals surface area contributed by atoms with Crippen LogP contribution in [0.1, 0.15) is 29.5 Å². The topological polar surface area (TPSA) is 47.3 Å². The van der Waals surface area contributed by atoms with Gasteiger partial charge in [-0.2, -0.15) is 0 Å². The molecule has 0 saturated carbocycles. The zero-order valence-electron chi connectivity index (χ0n) is 11.2. The van der Waals surface area contributed by atoms with Crippen molar-refractivity contribution in [2.75, 3.05) is 6.61 Å². The second-order valence-electron chi connectivity index (χ2n) is 5.01. The fraction of sp³-hybridized carbons (Fsp3) is 0.467. The smallest absolute Gasteiger partial charge is 0.0876 e. The molecule has 0 amide bonds. The standard InChI is InChI=1S/C15H22N2O/c1-11-5-6-13(8-12(11)2)9-15(17-16)14-4-3-7-18-10-14/h5-6,8,10,15,17H,3-4,7,9,16H2,1-2H3. The fourth-order valence-electron chi connectivity index (χ4n) is 2.30. The number of rotatable bonds is 4. The summed E-state index contributed by atoms with van der Waals surface area (Å²) < 4.78 is 5.39. The summed E-state index contributed by atoms with van der Waals surface area (Å²) in [5.41, 5.74) is 8.14. The molecule has 98 valence electrons. The summed E-state index contributed by atoms with van der Waals surface area (Å²) in [5, 5.41) is 0. The first-order valence-electron chi connectivity index (χ1n) is 6.53. The number of hydrogen-bond acceptors (Lipinski definition) is 3. The molecule has 0 aromatic heterocycles. The molecule has 0 spiro atoms. The monoisotopic (exact) mass is 246 g/mol. The molecule has 18 heavy (non-hydrogen) atoms. The van der Waals surface area contributed by atoms with E-state index in [2.05, 4.69) is 37.5 Å². The Balaban J connectivity index is 2.09. The van der Waals surface area contributed by atoms with E-state index in [0.717, 1.165) is 25.9 Å². The van der Waals surface area contributed by atoms with E-state index in [0.29, 0.717) is 0 Å². The highest BCUT2D eigenvalue weighted by Gasteiger charge is 2.16. The molecule has 1 aromatic rings. The van der Waals surface area contributed by atoms with E-state index < -0.39 is 0 Å². The maximum Gasteiger partial charge on any atom is 0.0876 e. The van der Waals surface area contributed by atoms with Crippen LogP contribution in [0.25, 0.3) is 0 Å². The third-order valence-corrected chi connectivity index (χ3v) is 3.62. The van der Waals surface area contributed by atoms with Crippen molar-refractivity contribution in [1.82, 2.24) is 5.43 Å². The zero-order valence-corrected chi connectivity index (χ0v) is 11.2. The highest BCUT2D eigenvalue weighted by atomic mass is 16.5. The van der Waals surface area contributed by atoms with Gasteiger partial charge in [0.15, 0.2) is 0 Å². The lowest BCUT2D eigenvalue weighted by Crippen LogP contribution is -2.39. The molecule has 2 rings (SSSR count). The Morgan fingerprint density at radius 2 is 2.17 bits per heavy atom. The van der Waals surface area contributed by atoms with E-state index in [1.165, 1.54) is 22.3 Å². The van der Waals surface area contributed by atoms with Gasteiger partial charge in [-0.05, 0) is 55.4 Å². The van der Waals surface area contributed by atoms with E-state index in [4.69, 9.17) is 10.6 Å². The van der Waals surface area contributed by atoms with Gasteiger partial charge in [-0.1, -0.05) is 18.2 Å². The maximum atomic E-state index is 5.67. The summed E-state index contributed by atoms with van der Waals surface area (Å²) in [6, 6.07) is 6.76. The molecule has 0 saturated heterocycles. The third kappa shape index (κ3) is 3.12. The molecule has 1 aliphatic heterocycles. The zero-order chi connectivity index (χ0) is 13.0. The van der Waals surface area contributed by atoms with Gasteiger partial charge in [-0.25, -0.2) is 0 Å². The van der Waals surface area contributed by atoms with Crippen molar-refractivity contribution in [1.29, 1.82) is 0 Å². The summed E-state index contributed by atoms with van der Waals surface area (Å²) in [7, 11) is 0. The quantitative estimate of drug-likeness (QED) is 0.633. The molecule has 3 N–H and O–H groups in total. The number of nitrogens with two attached hydrogens (primary N) is 1. The van der Waals surface area contributed by atoms with Gasteiger partial charge >= 0.3 is 0 Å². The Morgan fingerprint density at radius 3 is 2.78 bits per heavy atom. The molecule has 1 aromatic carbocycles. The fourth-order valence-corrected chi connectivity index (χ4v) is 2.30. The average molecular weight is 246 g/mol. The largest absolute Gasteiger partial charge is 0.501 e. The summed E-state index contributed by atoms with van der Waals surface area (Å²) in [6.07, 6.45) is 4.93. The Labute approximate surface area is 109 Å². The molecule has 3 nitrogen and oxygen atoms in total. The van der Waals surface area contributed by atoms with Crippen LogP contribution >= 0.6 is 0 Å². The molecule has 0 radical (unpaired) electrons. The number of hydrazine groups is 1. The van der Waals surface area contributed by atoms with E-state index >= 15 is 0 Å². The van der Waals surface area contributed by atoms with Crippen molar-refractivity contribution in [2.24, 2.45) is 5.84 Å². The minimum absolute atomic E-state index is 0.174. The molecule has 0 aliphatic carbocycles. The van der Waals surface area contributed by atoms with Gasteiger partial charge in [0.25, 0.3) is 0 Å². The highest BCUT2D eigenvalue weighted by molar-refractivity contribution is 5.31. The number of ether oxygens (including phenoxy) is 1. The Hall–Kier alpha value is -1.32. The van der Waals surface area contributed by atoms with Gasteiger partial charge in [0.2, 0.25) is 0 Å². The van der Waals surface area contributed by atoms with Crippen molar-refractivity contribution in [3.05, 3.63) is 46.7 Å². The van der Waals surface area contributed by atoms with E-state index in [1.807, 2.05) is 6.26 Å². The number of nitrogens with one attached hydrogen (secondary N) is 1. The van der Waals surface area contributed by atoms with Gasteiger partial charge < -0.3 is 4.74 Å².